The summed E-state index contributed by atoms with van der Waals surface area (Å²) in [7, 11) is 0. The number of aromatic nitrogens is 1. The Hall–Kier alpha value is -2.18. The first-order chi connectivity index (χ1) is 10.7. The van der Waals surface area contributed by atoms with Crippen molar-refractivity contribution in [2.45, 2.75) is 6.42 Å². The molecular formula is C16H19FN2O3. The van der Waals surface area contributed by atoms with Crippen LogP contribution in [0.25, 0.3) is 11.1 Å². The average Bonchev–Trinajstić information content (AvgIpc) is 3.01. The highest BCUT2D eigenvalue weighted by Gasteiger charge is 2.13. The molecule has 1 aromatic carbocycles. The van der Waals surface area contributed by atoms with E-state index >= 15 is 0 Å². The van der Waals surface area contributed by atoms with Crippen LogP contribution in [0.4, 0.5) is 4.39 Å². The van der Waals surface area contributed by atoms with Gasteiger partial charge in [0.05, 0.1) is 18.8 Å². The highest BCUT2D eigenvalue weighted by atomic mass is 19.1. The molecule has 1 heterocycles. The van der Waals surface area contributed by atoms with E-state index in [4.69, 9.17) is 9.84 Å². The van der Waals surface area contributed by atoms with E-state index in [1.165, 1.54) is 12.1 Å². The number of aliphatic hydroxyl groups is 1. The highest BCUT2D eigenvalue weighted by Crippen LogP contribution is 2.23. The minimum Gasteiger partial charge on any atom is -0.394 e. The van der Waals surface area contributed by atoms with Gasteiger partial charge < -0.3 is 20.1 Å². The molecule has 0 aliphatic carbocycles. The number of ether oxygens (including phenoxy) is 1. The first kappa shape index (κ1) is 16.2. The molecule has 3 N–H and O–H groups in total. The Kier molecular flexibility index (Phi) is 6.12. The van der Waals surface area contributed by atoms with Crippen LogP contribution in [-0.2, 0) is 4.74 Å². The molecule has 2 aromatic rings. The number of halogens is 1. The summed E-state index contributed by atoms with van der Waals surface area (Å²) in [6, 6.07) is 6.00. The number of hydrogen-bond acceptors (Lipinski definition) is 3. The van der Waals surface area contributed by atoms with E-state index in [1.807, 2.05) is 0 Å². The van der Waals surface area contributed by atoms with Crippen molar-refractivity contribution >= 4 is 5.91 Å². The molecule has 0 bridgehead atoms. The van der Waals surface area contributed by atoms with Gasteiger partial charge in [-0.2, -0.15) is 0 Å². The Bertz CT molecular complexity index is 596. The van der Waals surface area contributed by atoms with Crippen molar-refractivity contribution in [3.8, 4) is 11.1 Å². The molecule has 0 fully saturated rings. The predicted molar refractivity (Wildman–Crippen MR) is 81.0 cm³/mol. The molecule has 22 heavy (non-hydrogen) atoms. The summed E-state index contributed by atoms with van der Waals surface area (Å²) < 4.78 is 18.1. The fourth-order valence-corrected chi connectivity index (χ4v) is 2.06. The van der Waals surface area contributed by atoms with Crippen molar-refractivity contribution in [3.05, 3.63) is 48.0 Å². The lowest BCUT2D eigenvalue weighted by Crippen LogP contribution is -2.25. The van der Waals surface area contributed by atoms with Crippen molar-refractivity contribution in [3.63, 3.8) is 0 Å². The maximum absolute atomic E-state index is 13.0. The zero-order valence-corrected chi connectivity index (χ0v) is 12.1. The molecule has 0 aliphatic rings. The van der Waals surface area contributed by atoms with E-state index in [2.05, 4.69) is 10.3 Å². The molecule has 1 amide bonds. The Morgan fingerprint density at radius 2 is 2.00 bits per heavy atom. The predicted octanol–water partition coefficient (Wildman–Crippen LogP) is 1.95. The molecule has 1 aromatic heterocycles. The quantitative estimate of drug-likeness (QED) is 0.653. The zero-order chi connectivity index (χ0) is 15.8. The monoisotopic (exact) mass is 306 g/mol. The molecule has 0 saturated carbocycles. The molecule has 0 radical (unpaired) electrons. The van der Waals surface area contributed by atoms with Gasteiger partial charge in [-0.05, 0) is 24.1 Å². The Morgan fingerprint density at radius 1 is 1.23 bits per heavy atom. The number of nitrogens with one attached hydrogen (secondary N) is 2. The van der Waals surface area contributed by atoms with Crippen LogP contribution in [0.15, 0.2) is 36.7 Å². The van der Waals surface area contributed by atoms with Crippen LogP contribution in [-0.4, -0.2) is 42.4 Å². The van der Waals surface area contributed by atoms with Crippen LogP contribution in [0.5, 0.6) is 0 Å². The van der Waals surface area contributed by atoms with Gasteiger partial charge in [-0.1, -0.05) is 12.1 Å². The Labute approximate surface area is 128 Å². The van der Waals surface area contributed by atoms with Crippen LogP contribution in [0.2, 0.25) is 0 Å². The SMILES string of the molecule is O=C(NCCCOCCO)c1c[nH]cc1-c1ccc(F)cc1. The van der Waals surface area contributed by atoms with Crippen LogP contribution in [0.3, 0.4) is 0 Å². The summed E-state index contributed by atoms with van der Waals surface area (Å²) in [6.45, 7) is 1.27. The number of amides is 1. The second-order valence-corrected chi connectivity index (χ2v) is 4.74. The van der Waals surface area contributed by atoms with E-state index in [0.29, 0.717) is 31.7 Å². The van der Waals surface area contributed by atoms with Crippen LogP contribution >= 0.6 is 0 Å². The number of H-pyrrole nitrogens is 1. The van der Waals surface area contributed by atoms with Crippen LogP contribution < -0.4 is 5.32 Å². The lowest BCUT2D eigenvalue weighted by molar-refractivity contribution is 0.0868. The number of benzene rings is 1. The largest absolute Gasteiger partial charge is 0.394 e. The number of aliphatic hydroxyl groups excluding tert-OH is 1. The minimum absolute atomic E-state index is 0.00324. The van der Waals surface area contributed by atoms with Gasteiger partial charge >= 0.3 is 0 Å². The summed E-state index contributed by atoms with van der Waals surface area (Å²) in [5.41, 5.74) is 2.02. The van der Waals surface area contributed by atoms with E-state index in [9.17, 15) is 9.18 Å². The smallest absolute Gasteiger partial charge is 0.253 e. The van der Waals surface area contributed by atoms with Crippen molar-refractivity contribution in [2.24, 2.45) is 0 Å². The lowest BCUT2D eigenvalue weighted by Gasteiger charge is -2.07. The maximum Gasteiger partial charge on any atom is 0.253 e. The highest BCUT2D eigenvalue weighted by molar-refractivity contribution is 6.00. The van der Waals surface area contributed by atoms with Gasteiger partial charge in [0, 0.05) is 31.1 Å². The van der Waals surface area contributed by atoms with Crippen LogP contribution in [0, 0.1) is 5.82 Å². The second-order valence-electron chi connectivity index (χ2n) is 4.74. The van der Waals surface area contributed by atoms with Crippen LogP contribution in [0.1, 0.15) is 16.8 Å². The van der Waals surface area contributed by atoms with E-state index in [1.54, 1.807) is 24.5 Å². The Balaban J connectivity index is 1.91. The Morgan fingerprint density at radius 3 is 2.73 bits per heavy atom. The van der Waals surface area contributed by atoms with Gasteiger partial charge in [-0.15, -0.1) is 0 Å². The molecule has 0 saturated heterocycles. The van der Waals surface area contributed by atoms with E-state index in [0.717, 1.165) is 11.1 Å². The molecule has 0 unspecified atom stereocenters. The number of rotatable bonds is 8. The minimum atomic E-state index is -0.312. The average molecular weight is 306 g/mol. The number of aromatic amines is 1. The summed E-state index contributed by atoms with van der Waals surface area (Å²) in [5.74, 6) is -0.504. The summed E-state index contributed by atoms with van der Waals surface area (Å²) in [4.78, 5) is 15.1. The van der Waals surface area contributed by atoms with Gasteiger partial charge in [0.1, 0.15) is 5.82 Å². The van der Waals surface area contributed by atoms with Gasteiger partial charge in [-0.25, -0.2) is 4.39 Å². The molecule has 118 valence electrons. The van der Waals surface area contributed by atoms with Gasteiger partial charge in [-0.3, -0.25) is 4.79 Å². The zero-order valence-electron chi connectivity index (χ0n) is 12.1. The van der Waals surface area contributed by atoms with Gasteiger partial charge in [0.2, 0.25) is 0 Å². The number of hydrogen-bond donors (Lipinski definition) is 3. The third kappa shape index (κ3) is 4.41. The normalized spacial score (nSPS) is 10.6. The molecule has 5 nitrogen and oxygen atoms in total. The van der Waals surface area contributed by atoms with Gasteiger partial charge in [0.25, 0.3) is 5.91 Å². The van der Waals surface area contributed by atoms with Gasteiger partial charge in [0.15, 0.2) is 0 Å². The third-order valence-electron chi connectivity index (χ3n) is 3.13. The molecule has 0 aliphatic heterocycles. The first-order valence-electron chi connectivity index (χ1n) is 7.12. The van der Waals surface area contributed by atoms with E-state index in [-0.39, 0.29) is 18.3 Å². The van der Waals surface area contributed by atoms with Crippen molar-refractivity contribution in [1.29, 1.82) is 0 Å². The van der Waals surface area contributed by atoms with Crippen molar-refractivity contribution in [2.75, 3.05) is 26.4 Å². The fourth-order valence-electron chi connectivity index (χ4n) is 2.06. The summed E-state index contributed by atoms with van der Waals surface area (Å²) >= 11 is 0. The topological polar surface area (TPSA) is 74.3 Å². The molecule has 0 spiro atoms. The third-order valence-corrected chi connectivity index (χ3v) is 3.13. The van der Waals surface area contributed by atoms with Crippen molar-refractivity contribution in [1.82, 2.24) is 10.3 Å². The van der Waals surface area contributed by atoms with E-state index < -0.39 is 0 Å². The maximum atomic E-state index is 13.0. The molecule has 6 heteroatoms. The number of carbonyl (C=O) groups is 1. The first-order valence-corrected chi connectivity index (χ1v) is 7.12. The summed E-state index contributed by atoms with van der Waals surface area (Å²) in [6.07, 6.45) is 4.00. The fraction of sp³-hybridized carbons (Fsp3) is 0.312. The lowest BCUT2D eigenvalue weighted by atomic mass is 10.0. The molecule has 0 atom stereocenters. The standard InChI is InChI=1S/C16H19FN2O3/c17-13-4-2-12(3-5-13)14-10-18-11-15(14)16(21)19-6-1-8-22-9-7-20/h2-5,10-11,18,20H,1,6-9H2,(H,19,21). The summed E-state index contributed by atoms with van der Waals surface area (Å²) in [5, 5.41) is 11.4. The number of carbonyl (C=O) groups excluding carboxylic acids is 1. The second kappa shape index (κ2) is 8.31. The molecular weight excluding hydrogens is 287 g/mol. The van der Waals surface area contributed by atoms with Crippen molar-refractivity contribution < 1.29 is 19.0 Å². The molecule has 2 rings (SSSR count).